The number of esters is 1. The summed E-state index contributed by atoms with van der Waals surface area (Å²) in [4.78, 5) is 23.0. The largest absolute Gasteiger partial charge is 0.497 e. The van der Waals surface area contributed by atoms with Gasteiger partial charge in [-0.25, -0.2) is 0 Å². The highest BCUT2D eigenvalue weighted by Crippen LogP contribution is 2.25. The summed E-state index contributed by atoms with van der Waals surface area (Å²) < 4.78 is 15.3. The fraction of sp³-hybridized carbons (Fsp3) is 0.467. The summed E-state index contributed by atoms with van der Waals surface area (Å²) in [5.41, 5.74) is -1.61. The first-order valence-corrected chi connectivity index (χ1v) is 6.61. The Morgan fingerprint density at radius 3 is 2.24 bits per heavy atom. The summed E-state index contributed by atoms with van der Waals surface area (Å²) in [6.45, 7) is 3.20. The number of carboxylic acid groups (broad SMARTS) is 1. The highest BCUT2D eigenvalue weighted by molar-refractivity contribution is 5.98. The third-order valence-corrected chi connectivity index (χ3v) is 3.13. The van der Waals surface area contributed by atoms with E-state index in [0.29, 0.717) is 11.5 Å². The van der Waals surface area contributed by atoms with Crippen LogP contribution in [-0.2, 0) is 14.3 Å². The molecule has 0 aliphatic rings. The molecule has 0 heterocycles. The Morgan fingerprint density at radius 2 is 1.76 bits per heavy atom. The number of ether oxygens (including phenoxy) is 3. The molecule has 0 fully saturated rings. The van der Waals surface area contributed by atoms with Crippen molar-refractivity contribution in [2.24, 2.45) is 5.41 Å². The molecule has 0 bridgehead atoms. The normalized spacial score (nSPS) is 13.1. The average Bonchev–Trinajstić information content (AvgIpc) is 2.47. The van der Waals surface area contributed by atoms with Gasteiger partial charge in [0.05, 0.1) is 20.3 Å². The van der Waals surface area contributed by atoms with Crippen molar-refractivity contribution in [2.45, 2.75) is 20.3 Å². The predicted molar refractivity (Wildman–Crippen MR) is 75.5 cm³/mol. The van der Waals surface area contributed by atoms with Gasteiger partial charge in [-0.15, -0.1) is 0 Å². The molecular formula is C15H20O6. The van der Waals surface area contributed by atoms with Gasteiger partial charge in [-0.05, 0) is 38.1 Å². The lowest BCUT2D eigenvalue weighted by molar-refractivity contribution is -0.168. The molecule has 0 aliphatic heterocycles. The van der Waals surface area contributed by atoms with Gasteiger partial charge >= 0.3 is 11.9 Å². The zero-order valence-corrected chi connectivity index (χ0v) is 12.4. The van der Waals surface area contributed by atoms with Crippen molar-refractivity contribution < 1.29 is 28.9 Å². The first-order chi connectivity index (χ1) is 9.93. The van der Waals surface area contributed by atoms with Crippen LogP contribution < -0.4 is 9.47 Å². The Hall–Kier alpha value is -2.24. The summed E-state index contributed by atoms with van der Waals surface area (Å²) >= 11 is 0. The Kier molecular flexibility index (Phi) is 6.02. The third kappa shape index (κ3) is 4.37. The number of carbonyl (C=O) groups excluding carboxylic acids is 1. The second kappa shape index (κ2) is 7.52. The Morgan fingerprint density at radius 1 is 1.19 bits per heavy atom. The number of aliphatic carboxylic acids is 1. The first-order valence-electron chi connectivity index (χ1n) is 6.61. The van der Waals surface area contributed by atoms with Gasteiger partial charge in [-0.1, -0.05) is 0 Å². The van der Waals surface area contributed by atoms with Crippen LogP contribution in [0.1, 0.15) is 20.3 Å². The van der Waals surface area contributed by atoms with E-state index >= 15 is 0 Å². The summed E-state index contributed by atoms with van der Waals surface area (Å²) in [5.74, 6) is -0.702. The molecule has 0 spiro atoms. The van der Waals surface area contributed by atoms with E-state index in [1.807, 2.05) is 0 Å². The summed E-state index contributed by atoms with van der Waals surface area (Å²) in [7, 11) is 1.56. The fourth-order valence-electron chi connectivity index (χ4n) is 1.63. The van der Waals surface area contributed by atoms with Crippen molar-refractivity contribution >= 4 is 11.9 Å². The molecule has 0 radical (unpaired) electrons. The van der Waals surface area contributed by atoms with E-state index in [1.54, 1.807) is 38.3 Å². The van der Waals surface area contributed by atoms with Crippen LogP contribution in [0.5, 0.6) is 11.5 Å². The highest BCUT2D eigenvalue weighted by Gasteiger charge is 2.42. The molecule has 1 rings (SSSR count). The second-order valence-electron chi connectivity index (χ2n) is 4.63. The fourth-order valence-corrected chi connectivity index (χ4v) is 1.63. The molecule has 116 valence electrons. The van der Waals surface area contributed by atoms with Gasteiger partial charge < -0.3 is 19.3 Å². The van der Waals surface area contributed by atoms with Crippen LogP contribution in [0.4, 0.5) is 0 Å². The number of carboxylic acids is 1. The molecule has 21 heavy (non-hydrogen) atoms. The molecule has 0 saturated carbocycles. The SMILES string of the molecule is CCOC(=O)C(C)(CCOc1ccc(OC)cc1)C(=O)O. The molecule has 0 aliphatic carbocycles. The maximum Gasteiger partial charge on any atom is 0.323 e. The number of methoxy groups -OCH3 is 1. The molecule has 0 amide bonds. The van der Waals surface area contributed by atoms with Crippen molar-refractivity contribution in [2.75, 3.05) is 20.3 Å². The quantitative estimate of drug-likeness (QED) is 0.584. The van der Waals surface area contributed by atoms with Crippen molar-refractivity contribution in [1.29, 1.82) is 0 Å². The standard InChI is InChI=1S/C15H20O6/c1-4-20-14(18)15(2,13(16)17)9-10-21-12-7-5-11(19-3)6-8-12/h5-8H,4,9-10H2,1-3H3,(H,16,17). The number of rotatable bonds is 8. The van der Waals surface area contributed by atoms with Gasteiger partial charge in [-0.2, -0.15) is 0 Å². The van der Waals surface area contributed by atoms with Gasteiger partial charge in [0, 0.05) is 6.42 Å². The maximum absolute atomic E-state index is 11.8. The molecule has 6 heteroatoms. The van der Waals surface area contributed by atoms with E-state index in [2.05, 4.69) is 0 Å². The monoisotopic (exact) mass is 296 g/mol. The molecule has 1 aromatic carbocycles. The smallest absolute Gasteiger partial charge is 0.323 e. The van der Waals surface area contributed by atoms with Crippen LogP contribution in [-0.4, -0.2) is 37.4 Å². The Labute approximate surface area is 123 Å². The number of benzene rings is 1. The van der Waals surface area contributed by atoms with Crippen LogP contribution in [0.25, 0.3) is 0 Å². The minimum Gasteiger partial charge on any atom is -0.497 e. The molecule has 0 aromatic heterocycles. The van der Waals surface area contributed by atoms with E-state index in [-0.39, 0.29) is 19.6 Å². The lowest BCUT2D eigenvalue weighted by Crippen LogP contribution is -2.39. The summed E-state index contributed by atoms with van der Waals surface area (Å²) in [6, 6.07) is 6.89. The number of hydrogen-bond donors (Lipinski definition) is 1. The molecular weight excluding hydrogens is 276 g/mol. The lowest BCUT2D eigenvalue weighted by Gasteiger charge is -2.22. The topological polar surface area (TPSA) is 82.1 Å². The van der Waals surface area contributed by atoms with Crippen LogP contribution in [0.3, 0.4) is 0 Å². The van der Waals surface area contributed by atoms with Crippen LogP contribution in [0.2, 0.25) is 0 Å². The molecule has 1 N–H and O–H groups in total. The van der Waals surface area contributed by atoms with E-state index in [4.69, 9.17) is 14.2 Å². The van der Waals surface area contributed by atoms with E-state index in [9.17, 15) is 14.7 Å². The Balaban J connectivity index is 2.61. The molecule has 0 saturated heterocycles. The Bertz CT molecular complexity index is 481. The third-order valence-electron chi connectivity index (χ3n) is 3.13. The predicted octanol–water partition coefficient (Wildman–Crippen LogP) is 2.12. The van der Waals surface area contributed by atoms with Gasteiger partial charge in [0.2, 0.25) is 0 Å². The minimum atomic E-state index is -1.61. The first kappa shape index (κ1) is 16.8. The van der Waals surface area contributed by atoms with Crippen molar-refractivity contribution in [3.8, 4) is 11.5 Å². The number of carbonyl (C=O) groups is 2. The lowest BCUT2D eigenvalue weighted by atomic mass is 9.87. The van der Waals surface area contributed by atoms with Crippen LogP contribution in [0, 0.1) is 5.41 Å². The molecule has 1 aromatic rings. The van der Waals surface area contributed by atoms with E-state index in [1.165, 1.54) is 6.92 Å². The van der Waals surface area contributed by atoms with Crippen LogP contribution >= 0.6 is 0 Å². The number of hydrogen-bond acceptors (Lipinski definition) is 5. The summed E-state index contributed by atoms with van der Waals surface area (Å²) in [6.07, 6.45) is 0.0210. The van der Waals surface area contributed by atoms with E-state index < -0.39 is 17.4 Å². The average molecular weight is 296 g/mol. The molecule has 6 nitrogen and oxygen atoms in total. The van der Waals surface area contributed by atoms with Crippen molar-refractivity contribution in [1.82, 2.24) is 0 Å². The van der Waals surface area contributed by atoms with Gasteiger partial charge in [-0.3, -0.25) is 9.59 Å². The summed E-state index contributed by atoms with van der Waals surface area (Å²) in [5, 5.41) is 9.22. The van der Waals surface area contributed by atoms with Crippen LogP contribution in [0.15, 0.2) is 24.3 Å². The zero-order chi connectivity index (χ0) is 15.9. The molecule has 1 unspecified atom stereocenters. The van der Waals surface area contributed by atoms with Crippen molar-refractivity contribution in [3.63, 3.8) is 0 Å². The van der Waals surface area contributed by atoms with Gasteiger partial charge in [0.1, 0.15) is 11.5 Å². The second-order valence-corrected chi connectivity index (χ2v) is 4.63. The van der Waals surface area contributed by atoms with E-state index in [0.717, 1.165) is 0 Å². The van der Waals surface area contributed by atoms with Gasteiger partial charge in [0.15, 0.2) is 5.41 Å². The van der Waals surface area contributed by atoms with Gasteiger partial charge in [0.25, 0.3) is 0 Å². The van der Waals surface area contributed by atoms with Crippen molar-refractivity contribution in [3.05, 3.63) is 24.3 Å². The highest BCUT2D eigenvalue weighted by atomic mass is 16.5. The zero-order valence-electron chi connectivity index (χ0n) is 12.4. The molecule has 1 atom stereocenters. The minimum absolute atomic E-state index is 0.0210. The maximum atomic E-state index is 11.8.